The van der Waals surface area contributed by atoms with Crippen molar-refractivity contribution in [3.05, 3.63) is 89.0 Å². The van der Waals surface area contributed by atoms with Crippen LogP contribution in [0.15, 0.2) is 66.7 Å². The quantitative estimate of drug-likeness (QED) is 0.313. The van der Waals surface area contributed by atoms with Gasteiger partial charge in [0.15, 0.2) is 6.29 Å². The van der Waals surface area contributed by atoms with Gasteiger partial charge >= 0.3 is 6.09 Å². The molecule has 0 heterocycles. The molecule has 0 spiro atoms. The summed E-state index contributed by atoms with van der Waals surface area (Å²) in [6, 6.07) is 21.7. The SMILES string of the molecule is CCOc1ccc(C#CCCNC(=O)OCC2c3ccccc3-c3ccccc32)cc1C=O. The smallest absolute Gasteiger partial charge is 0.407 e. The van der Waals surface area contributed by atoms with E-state index in [1.165, 1.54) is 22.3 Å². The van der Waals surface area contributed by atoms with Gasteiger partial charge in [0.1, 0.15) is 12.4 Å². The first-order valence-corrected chi connectivity index (χ1v) is 11.0. The molecule has 0 saturated carbocycles. The molecule has 0 atom stereocenters. The summed E-state index contributed by atoms with van der Waals surface area (Å²) in [6.45, 7) is 3.02. The fourth-order valence-corrected chi connectivity index (χ4v) is 4.05. The normalized spacial score (nSPS) is 11.5. The Labute approximate surface area is 193 Å². The molecule has 0 radical (unpaired) electrons. The fraction of sp³-hybridized carbons (Fsp3) is 0.214. The third-order valence-corrected chi connectivity index (χ3v) is 5.53. The van der Waals surface area contributed by atoms with E-state index in [0.717, 1.165) is 11.8 Å². The average molecular weight is 440 g/mol. The Kier molecular flexibility index (Phi) is 7.06. The van der Waals surface area contributed by atoms with Crippen LogP contribution in [0.5, 0.6) is 5.75 Å². The van der Waals surface area contributed by atoms with E-state index in [9.17, 15) is 9.59 Å². The van der Waals surface area contributed by atoms with Crippen LogP contribution in [-0.4, -0.2) is 32.1 Å². The first kappa shape index (κ1) is 22.2. The van der Waals surface area contributed by atoms with Crippen molar-refractivity contribution in [3.63, 3.8) is 0 Å². The molecule has 1 N–H and O–H groups in total. The molecule has 0 unspecified atom stereocenters. The molecule has 0 fully saturated rings. The summed E-state index contributed by atoms with van der Waals surface area (Å²) in [7, 11) is 0. The first-order valence-electron chi connectivity index (χ1n) is 11.0. The second kappa shape index (κ2) is 10.5. The Morgan fingerprint density at radius 2 is 1.73 bits per heavy atom. The van der Waals surface area contributed by atoms with Crippen LogP contribution in [-0.2, 0) is 4.74 Å². The largest absolute Gasteiger partial charge is 0.493 e. The second-order valence-electron chi connectivity index (χ2n) is 7.61. The number of carbonyl (C=O) groups excluding carboxylic acids is 2. The second-order valence-corrected chi connectivity index (χ2v) is 7.61. The Morgan fingerprint density at radius 1 is 1.03 bits per heavy atom. The summed E-state index contributed by atoms with van der Waals surface area (Å²) in [6.07, 6.45) is 0.769. The van der Waals surface area contributed by atoms with Crippen molar-refractivity contribution in [1.29, 1.82) is 0 Å². The highest BCUT2D eigenvalue weighted by Crippen LogP contribution is 2.44. The first-order chi connectivity index (χ1) is 16.2. The Bertz CT molecular complexity index is 1180. The van der Waals surface area contributed by atoms with E-state index >= 15 is 0 Å². The van der Waals surface area contributed by atoms with Gasteiger partial charge < -0.3 is 14.8 Å². The summed E-state index contributed by atoms with van der Waals surface area (Å²) < 4.78 is 10.9. The van der Waals surface area contributed by atoms with E-state index in [1.807, 2.05) is 37.3 Å². The lowest BCUT2D eigenvalue weighted by Crippen LogP contribution is -2.26. The highest BCUT2D eigenvalue weighted by atomic mass is 16.5. The predicted molar refractivity (Wildman–Crippen MR) is 128 cm³/mol. The van der Waals surface area contributed by atoms with E-state index in [-0.39, 0.29) is 12.5 Å². The summed E-state index contributed by atoms with van der Waals surface area (Å²) in [5.74, 6) is 6.60. The lowest BCUT2D eigenvalue weighted by Gasteiger charge is -2.14. The van der Waals surface area contributed by atoms with Crippen LogP contribution in [0, 0.1) is 11.8 Å². The van der Waals surface area contributed by atoms with Crippen LogP contribution in [0.2, 0.25) is 0 Å². The molecule has 3 aromatic carbocycles. The molecule has 5 nitrogen and oxygen atoms in total. The Morgan fingerprint density at radius 3 is 2.39 bits per heavy atom. The molecule has 0 saturated heterocycles. The number of nitrogens with one attached hydrogen (secondary N) is 1. The highest BCUT2D eigenvalue weighted by Gasteiger charge is 2.28. The van der Waals surface area contributed by atoms with Crippen molar-refractivity contribution in [3.8, 4) is 28.7 Å². The van der Waals surface area contributed by atoms with Crippen LogP contribution in [0.4, 0.5) is 4.79 Å². The van der Waals surface area contributed by atoms with E-state index < -0.39 is 6.09 Å². The van der Waals surface area contributed by atoms with Crippen LogP contribution in [0.3, 0.4) is 0 Å². The number of fused-ring (bicyclic) bond motifs is 3. The molecule has 0 bridgehead atoms. The Hall–Kier alpha value is -4.04. The zero-order valence-electron chi connectivity index (χ0n) is 18.5. The van der Waals surface area contributed by atoms with E-state index in [1.54, 1.807) is 12.1 Å². The van der Waals surface area contributed by atoms with Crippen molar-refractivity contribution < 1.29 is 19.1 Å². The maximum atomic E-state index is 12.2. The van der Waals surface area contributed by atoms with Crippen LogP contribution < -0.4 is 10.1 Å². The van der Waals surface area contributed by atoms with Crippen molar-refractivity contribution in [2.75, 3.05) is 19.8 Å². The van der Waals surface area contributed by atoms with Gasteiger partial charge in [0.25, 0.3) is 0 Å². The minimum Gasteiger partial charge on any atom is -0.493 e. The predicted octanol–water partition coefficient (Wildman–Crippen LogP) is 5.18. The third-order valence-electron chi connectivity index (χ3n) is 5.53. The number of amides is 1. The standard InChI is InChI=1S/C28H25NO4/c1-2-32-27-15-14-20(17-21(27)18-30)9-7-8-16-29-28(31)33-19-26-24-12-5-3-10-22(24)23-11-4-6-13-25(23)26/h3-6,10-15,17-18,26H,2,8,16,19H2,1H3,(H,29,31). The number of carbonyl (C=O) groups is 2. The minimum atomic E-state index is -0.456. The molecule has 0 aliphatic heterocycles. The molecule has 1 amide bonds. The minimum absolute atomic E-state index is 0.0367. The maximum absolute atomic E-state index is 12.2. The highest BCUT2D eigenvalue weighted by molar-refractivity contribution is 5.80. The van der Waals surface area contributed by atoms with Crippen molar-refractivity contribution >= 4 is 12.4 Å². The molecule has 3 aromatic rings. The van der Waals surface area contributed by atoms with Gasteiger partial charge in [-0.2, -0.15) is 0 Å². The number of rotatable bonds is 7. The summed E-state index contributed by atoms with van der Waals surface area (Å²) in [4.78, 5) is 23.4. The molecule has 166 valence electrons. The topological polar surface area (TPSA) is 64.6 Å². The van der Waals surface area contributed by atoms with Crippen molar-refractivity contribution in [2.24, 2.45) is 0 Å². The number of benzene rings is 3. The average Bonchev–Trinajstić information content (AvgIpc) is 3.17. The third kappa shape index (κ3) is 5.07. The molecule has 33 heavy (non-hydrogen) atoms. The van der Waals surface area contributed by atoms with Crippen LogP contribution >= 0.6 is 0 Å². The summed E-state index contributed by atoms with van der Waals surface area (Å²) in [5.41, 5.74) is 5.96. The number of alkyl carbamates (subject to hydrolysis) is 1. The molecular weight excluding hydrogens is 414 g/mol. The zero-order chi connectivity index (χ0) is 23.0. The van der Waals surface area contributed by atoms with Gasteiger partial charge in [-0.25, -0.2) is 4.79 Å². The van der Waals surface area contributed by atoms with Crippen molar-refractivity contribution in [2.45, 2.75) is 19.3 Å². The fourth-order valence-electron chi connectivity index (χ4n) is 4.05. The van der Waals surface area contributed by atoms with Gasteiger partial charge in [-0.15, -0.1) is 0 Å². The van der Waals surface area contributed by atoms with E-state index in [0.29, 0.717) is 30.9 Å². The van der Waals surface area contributed by atoms with E-state index in [4.69, 9.17) is 9.47 Å². The molecule has 5 heteroatoms. The number of hydrogen-bond donors (Lipinski definition) is 1. The van der Waals surface area contributed by atoms with Gasteiger partial charge in [0, 0.05) is 24.4 Å². The molecule has 1 aliphatic carbocycles. The van der Waals surface area contributed by atoms with Gasteiger partial charge in [-0.3, -0.25) is 4.79 Å². The number of aldehydes is 1. The van der Waals surface area contributed by atoms with Gasteiger partial charge in [0.05, 0.1) is 12.2 Å². The van der Waals surface area contributed by atoms with Gasteiger partial charge in [0.2, 0.25) is 0 Å². The van der Waals surface area contributed by atoms with Crippen LogP contribution in [0.25, 0.3) is 11.1 Å². The molecule has 0 aromatic heterocycles. The summed E-state index contributed by atoms with van der Waals surface area (Å²) in [5, 5.41) is 2.75. The summed E-state index contributed by atoms with van der Waals surface area (Å²) >= 11 is 0. The number of ether oxygens (including phenoxy) is 2. The Balaban J connectivity index is 1.27. The van der Waals surface area contributed by atoms with Gasteiger partial charge in [-0.1, -0.05) is 60.4 Å². The molecule has 4 rings (SSSR count). The zero-order valence-corrected chi connectivity index (χ0v) is 18.5. The van der Waals surface area contributed by atoms with Crippen LogP contribution in [0.1, 0.15) is 46.3 Å². The van der Waals surface area contributed by atoms with Crippen molar-refractivity contribution in [1.82, 2.24) is 5.32 Å². The monoisotopic (exact) mass is 439 g/mol. The molecule has 1 aliphatic rings. The lowest BCUT2D eigenvalue weighted by atomic mass is 9.98. The lowest BCUT2D eigenvalue weighted by molar-refractivity contribution is 0.111. The van der Waals surface area contributed by atoms with Gasteiger partial charge in [-0.05, 0) is 47.4 Å². The van der Waals surface area contributed by atoms with E-state index in [2.05, 4.69) is 41.4 Å². The molecular formula is C28H25NO4. The maximum Gasteiger partial charge on any atom is 0.407 e. The number of hydrogen-bond acceptors (Lipinski definition) is 4.